The SMILES string of the molecule is CCC(O)c1cccn1CCF.CN(C)C(N)=NC(C=O)c1cccc(-c2cccnc2F)c1. The first-order valence-electron chi connectivity index (χ1n) is 10.9. The summed E-state index contributed by atoms with van der Waals surface area (Å²) in [6.45, 7) is 1.84. The van der Waals surface area contributed by atoms with Crippen LogP contribution in [0.1, 0.15) is 36.7 Å². The van der Waals surface area contributed by atoms with Crippen LogP contribution < -0.4 is 5.73 Å². The van der Waals surface area contributed by atoms with E-state index in [1.807, 2.05) is 19.1 Å². The number of rotatable bonds is 8. The number of aldehydes is 1. The van der Waals surface area contributed by atoms with E-state index >= 15 is 0 Å². The largest absolute Gasteiger partial charge is 0.387 e. The summed E-state index contributed by atoms with van der Waals surface area (Å²) >= 11 is 0. The Morgan fingerprint density at radius 2 is 2.03 bits per heavy atom. The van der Waals surface area contributed by atoms with Crippen LogP contribution in [0.15, 0.2) is 65.9 Å². The van der Waals surface area contributed by atoms with Gasteiger partial charge in [-0.05, 0) is 47.9 Å². The second-order valence-electron chi connectivity index (χ2n) is 7.67. The van der Waals surface area contributed by atoms with Gasteiger partial charge in [-0.25, -0.2) is 14.4 Å². The first-order chi connectivity index (χ1) is 16.3. The van der Waals surface area contributed by atoms with Crippen molar-refractivity contribution in [2.75, 3.05) is 20.8 Å². The number of benzene rings is 1. The van der Waals surface area contributed by atoms with Gasteiger partial charge in [-0.1, -0.05) is 25.1 Å². The second kappa shape index (κ2) is 13.2. The van der Waals surface area contributed by atoms with E-state index in [4.69, 9.17) is 5.73 Å². The molecule has 0 aliphatic heterocycles. The molecule has 2 heterocycles. The van der Waals surface area contributed by atoms with E-state index in [-0.39, 0.29) is 5.96 Å². The van der Waals surface area contributed by atoms with Gasteiger partial charge < -0.3 is 25.1 Å². The predicted molar refractivity (Wildman–Crippen MR) is 129 cm³/mol. The highest BCUT2D eigenvalue weighted by atomic mass is 19.1. The van der Waals surface area contributed by atoms with Gasteiger partial charge in [0.25, 0.3) is 0 Å². The number of aliphatic hydroxyl groups excluding tert-OH is 1. The van der Waals surface area contributed by atoms with E-state index in [9.17, 15) is 18.7 Å². The van der Waals surface area contributed by atoms with Gasteiger partial charge in [0.1, 0.15) is 19.0 Å². The molecule has 0 aliphatic carbocycles. The molecule has 0 bridgehead atoms. The molecule has 0 saturated heterocycles. The number of carbonyl (C=O) groups excluding carboxylic acids is 1. The Hall–Kier alpha value is -3.59. The van der Waals surface area contributed by atoms with Gasteiger partial charge in [0.15, 0.2) is 5.96 Å². The number of hydrogen-bond acceptors (Lipinski definition) is 4. The summed E-state index contributed by atoms with van der Waals surface area (Å²) in [5.41, 5.74) is 8.20. The Kier molecular flexibility index (Phi) is 10.3. The summed E-state index contributed by atoms with van der Waals surface area (Å²) < 4.78 is 27.5. The van der Waals surface area contributed by atoms with E-state index in [1.54, 1.807) is 66.2 Å². The Labute approximate surface area is 198 Å². The first-order valence-corrected chi connectivity index (χ1v) is 10.9. The quantitative estimate of drug-likeness (QED) is 0.225. The van der Waals surface area contributed by atoms with Gasteiger partial charge in [0.05, 0.1) is 12.6 Å². The second-order valence-corrected chi connectivity index (χ2v) is 7.67. The molecule has 3 aromatic rings. The Morgan fingerprint density at radius 1 is 1.26 bits per heavy atom. The van der Waals surface area contributed by atoms with E-state index < -0.39 is 24.8 Å². The van der Waals surface area contributed by atoms with E-state index in [1.165, 1.54) is 6.20 Å². The molecule has 1 aromatic carbocycles. The summed E-state index contributed by atoms with van der Waals surface area (Å²) in [4.78, 5) is 20.7. The molecule has 0 radical (unpaired) electrons. The van der Waals surface area contributed by atoms with Crippen LogP contribution in [-0.2, 0) is 11.3 Å². The highest BCUT2D eigenvalue weighted by molar-refractivity contribution is 5.80. The number of aromatic nitrogens is 2. The maximum atomic E-state index is 13.8. The Bertz CT molecular complexity index is 1080. The van der Waals surface area contributed by atoms with Crippen LogP contribution in [0, 0.1) is 5.95 Å². The lowest BCUT2D eigenvalue weighted by atomic mass is 10.0. The van der Waals surface area contributed by atoms with Crippen LogP contribution >= 0.6 is 0 Å². The lowest BCUT2D eigenvalue weighted by molar-refractivity contribution is -0.108. The van der Waals surface area contributed by atoms with Crippen molar-refractivity contribution in [3.8, 4) is 11.1 Å². The van der Waals surface area contributed by atoms with Crippen LogP contribution in [0.25, 0.3) is 11.1 Å². The van der Waals surface area contributed by atoms with Crippen LogP contribution in [0.4, 0.5) is 8.78 Å². The lowest BCUT2D eigenvalue weighted by Crippen LogP contribution is -2.31. The van der Waals surface area contributed by atoms with Crippen molar-refractivity contribution in [3.05, 3.63) is 78.1 Å². The number of hydrogen-bond donors (Lipinski definition) is 2. The molecule has 2 unspecified atom stereocenters. The molecule has 0 amide bonds. The number of halogens is 2. The highest BCUT2D eigenvalue weighted by Crippen LogP contribution is 2.25. The third kappa shape index (κ3) is 7.21. The zero-order chi connectivity index (χ0) is 25.1. The fourth-order valence-electron chi connectivity index (χ4n) is 3.17. The molecule has 3 rings (SSSR count). The maximum absolute atomic E-state index is 13.8. The molecule has 3 N–H and O–H groups in total. The fraction of sp³-hybridized carbons (Fsp3) is 0.320. The number of aliphatic hydroxyl groups is 1. The molecule has 0 spiro atoms. The molecule has 0 saturated carbocycles. The molecular weight excluding hydrogens is 440 g/mol. The van der Waals surface area contributed by atoms with Gasteiger partial charge in [-0.2, -0.15) is 4.39 Å². The third-order valence-corrected chi connectivity index (χ3v) is 5.07. The number of aryl methyl sites for hydroxylation is 1. The third-order valence-electron chi connectivity index (χ3n) is 5.07. The van der Waals surface area contributed by atoms with E-state index in [0.717, 1.165) is 5.69 Å². The first kappa shape index (κ1) is 26.7. The van der Waals surface area contributed by atoms with Gasteiger partial charge in [0, 0.05) is 37.7 Å². The van der Waals surface area contributed by atoms with Crippen molar-refractivity contribution in [1.29, 1.82) is 0 Å². The number of aliphatic imine (C=N–C) groups is 1. The van der Waals surface area contributed by atoms with Gasteiger partial charge in [-0.3, -0.25) is 0 Å². The average Bonchev–Trinajstić information content (AvgIpc) is 3.31. The molecule has 182 valence electrons. The number of pyridine rings is 1. The minimum absolute atomic E-state index is 0.245. The van der Waals surface area contributed by atoms with Crippen molar-refractivity contribution >= 4 is 12.2 Å². The zero-order valence-electron chi connectivity index (χ0n) is 19.6. The van der Waals surface area contributed by atoms with Crippen molar-refractivity contribution in [1.82, 2.24) is 14.5 Å². The minimum Gasteiger partial charge on any atom is -0.387 e. The smallest absolute Gasteiger partial charge is 0.220 e. The van der Waals surface area contributed by atoms with Crippen molar-refractivity contribution in [2.24, 2.45) is 10.7 Å². The van der Waals surface area contributed by atoms with Crippen LogP contribution in [0.5, 0.6) is 0 Å². The molecule has 7 nitrogen and oxygen atoms in total. The summed E-state index contributed by atoms with van der Waals surface area (Å²) in [5, 5.41) is 9.48. The van der Waals surface area contributed by atoms with E-state index in [2.05, 4.69) is 9.98 Å². The number of alkyl halides is 1. The molecule has 2 atom stereocenters. The molecule has 9 heteroatoms. The topological polar surface area (TPSA) is 96.7 Å². The number of carbonyl (C=O) groups is 1. The average molecular weight is 472 g/mol. The summed E-state index contributed by atoms with van der Waals surface area (Å²) in [5.74, 6) is -0.311. The number of guanidine groups is 1. The monoisotopic (exact) mass is 471 g/mol. The standard InChI is InChI=1S/C16H17FN4O.C9H14FNO/c1-21(2)16(18)20-14(10-22)12-6-3-5-11(9-12)13-7-4-8-19-15(13)17;1-2-9(12)8-4-3-6-11(8)7-5-10/h3-10,14H,1-2H3,(H2,18,20);3-4,6,9,12H,2,5,7H2,1H3. The highest BCUT2D eigenvalue weighted by Gasteiger charge is 2.13. The van der Waals surface area contributed by atoms with Crippen molar-refractivity contribution < 1.29 is 18.7 Å². The number of nitrogens with zero attached hydrogens (tertiary/aromatic N) is 4. The van der Waals surface area contributed by atoms with Crippen LogP contribution in [0.2, 0.25) is 0 Å². The summed E-state index contributed by atoms with van der Waals surface area (Å²) in [6.07, 6.45) is 4.07. The summed E-state index contributed by atoms with van der Waals surface area (Å²) in [6, 6.07) is 13.2. The Balaban J connectivity index is 0.000000287. The molecule has 0 aliphatic rings. The minimum atomic E-state index is -0.734. The van der Waals surface area contributed by atoms with Crippen molar-refractivity contribution in [3.63, 3.8) is 0 Å². The predicted octanol–water partition coefficient (Wildman–Crippen LogP) is 3.91. The fourth-order valence-corrected chi connectivity index (χ4v) is 3.17. The molecule has 2 aromatic heterocycles. The van der Waals surface area contributed by atoms with Gasteiger partial charge in [-0.15, -0.1) is 0 Å². The Morgan fingerprint density at radius 3 is 2.65 bits per heavy atom. The van der Waals surface area contributed by atoms with Crippen molar-refractivity contribution in [2.45, 2.75) is 32.0 Å². The normalized spacial score (nSPS) is 12.9. The molecule has 34 heavy (non-hydrogen) atoms. The molecule has 0 fully saturated rings. The summed E-state index contributed by atoms with van der Waals surface area (Å²) in [7, 11) is 3.48. The van der Waals surface area contributed by atoms with Gasteiger partial charge in [0.2, 0.25) is 5.95 Å². The van der Waals surface area contributed by atoms with E-state index in [0.29, 0.717) is 35.9 Å². The van der Waals surface area contributed by atoms with Crippen LogP contribution in [0.3, 0.4) is 0 Å². The zero-order valence-corrected chi connectivity index (χ0v) is 19.6. The maximum Gasteiger partial charge on any atom is 0.220 e. The number of nitrogens with two attached hydrogens (primary N) is 1. The van der Waals surface area contributed by atoms with Gasteiger partial charge >= 0.3 is 0 Å². The van der Waals surface area contributed by atoms with Crippen LogP contribution in [-0.4, -0.2) is 52.6 Å². The lowest BCUT2D eigenvalue weighted by Gasteiger charge is -2.14. The molecular formula is C25H31F2N5O2.